The fraction of sp³-hybridized carbons (Fsp3) is 0.625. The Morgan fingerprint density at radius 2 is 2.14 bits per heavy atom. The predicted molar refractivity (Wildman–Crippen MR) is 82.1 cm³/mol. The second-order valence-corrected chi connectivity index (χ2v) is 5.81. The average Bonchev–Trinajstić information content (AvgIpc) is 2.48. The number of aromatic nitrogens is 1. The lowest BCUT2D eigenvalue weighted by atomic mass is 9.89. The Morgan fingerprint density at radius 3 is 2.86 bits per heavy atom. The van der Waals surface area contributed by atoms with Gasteiger partial charge in [0.05, 0.1) is 6.54 Å². The van der Waals surface area contributed by atoms with Crippen molar-refractivity contribution in [2.45, 2.75) is 45.3 Å². The van der Waals surface area contributed by atoms with E-state index in [1.54, 1.807) is 13.2 Å². The van der Waals surface area contributed by atoms with Crippen LogP contribution in [-0.4, -0.2) is 30.6 Å². The van der Waals surface area contributed by atoms with E-state index in [1.165, 1.54) is 12.8 Å². The van der Waals surface area contributed by atoms with Crippen molar-refractivity contribution in [1.82, 2.24) is 15.6 Å². The number of rotatable bonds is 6. The molecule has 0 unspecified atom stereocenters. The van der Waals surface area contributed by atoms with E-state index in [0.717, 1.165) is 24.3 Å². The summed E-state index contributed by atoms with van der Waals surface area (Å²) < 4.78 is 5.96. The standard InChI is InChI=1S/C16H25N3O2/c1-12-3-5-14(6-4-12)21-16-9-13(7-8-18-16)10-19-15(20)11-17-2/h7-9,12,14,17H,3-6,10-11H2,1-2H3,(H,19,20). The molecule has 0 saturated heterocycles. The summed E-state index contributed by atoms with van der Waals surface area (Å²) in [5.41, 5.74) is 1.01. The second kappa shape index (κ2) is 7.98. The number of likely N-dealkylation sites (N-methyl/N-ethyl adjacent to an activating group) is 1. The third kappa shape index (κ3) is 5.34. The van der Waals surface area contributed by atoms with Gasteiger partial charge in [0, 0.05) is 18.8 Å². The molecule has 2 rings (SSSR count). The van der Waals surface area contributed by atoms with Crippen LogP contribution < -0.4 is 15.4 Å². The van der Waals surface area contributed by atoms with Gasteiger partial charge in [-0.25, -0.2) is 4.98 Å². The highest BCUT2D eigenvalue weighted by molar-refractivity contribution is 5.77. The number of nitrogens with one attached hydrogen (secondary N) is 2. The maximum atomic E-state index is 11.4. The van der Waals surface area contributed by atoms with Gasteiger partial charge in [-0.3, -0.25) is 4.79 Å². The summed E-state index contributed by atoms with van der Waals surface area (Å²) in [7, 11) is 1.75. The van der Waals surface area contributed by atoms with Crippen molar-refractivity contribution in [3.63, 3.8) is 0 Å². The molecule has 0 spiro atoms. The summed E-state index contributed by atoms with van der Waals surface area (Å²) >= 11 is 0. The molecular weight excluding hydrogens is 266 g/mol. The maximum Gasteiger partial charge on any atom is 0.234 e. The highest BCUT2D eigenvalue weighted by Crippen LogP contribution is 2.26. The Balaban J connectivity index is 1.84. The summed E-state index contributed by atoms with van der Waals surface area (Å²) in [5.74, 6) is 1.46. The molecule has 116 valence electrons. The van der Waals surface area contributed by atoms with Gasteiger partial charge in [0.1, 0.15) is 6.10 Å². The third-order valence-corrected chi connectivity index (χ3v) is 3.88. The molecule has 1 aromatic heterocycles. The molecule has 0 aromatic carbocycles. The molecule has 0 aliphatic heterocycles. The lowest BCUT2D eigenvalue weighted by Crippen LogP contribution is -2.31. The molecule has 1 fully saturated rings. The molecule has 0 atom stereocenters. The molecule has 1 saturated carbocycles. The molecule has 1 heterocycles. The minimum atomic E-state index is -0.0157. The zero-order valence-electron chi connectivity index (χ0n) is 12.9. The summed E-state index contributed by atoms with van der Waals surface area (Å²) in [5, 5.41) is 5.68. The quantitative estimate of drug-likeness (QED) is 0.840. The van der Waals surface area contributed by atoms with Gasteiger partial charge in [-0.2, -0.15) is 0 Å². The first-order chi connectivity index (χ1) is 10.2. The second-order valence-electron chi connectivity index (χ2n) is 5.81. The Morgan fingerprint density at radius 1 is 1.38 bits per heavy atom. The normalized spacial score (nSPS) is 21.8. The van der Waals surface area contributed by atoms with Crippen molar-refractivity contribution < 1.29 is 9.53 Å². The van der Waals surface area contributed by atoms with Crippen LogP contribution in [0, 0.1) is 5.92 Å². The molecule has 21 heavy (non-hydrogen) atoms. The van der Waals surface area contributed by atoms with Crippen molar-refractivity contribution >= 4 is 5.91 Å². The molecule has 1 aliphatic rings. The van der Waals surface area contributed by atoms with Gasteiger partial charge in [-0.15, -0.1) is 0 Å². The molecule has 1 amide bonds. The lowest BCUT2D eigenvalue weighted by Gasteiger charge is -2.26. The molecule has 0 bridgehead atoms. The Labute approximate surface area is 126 Å². The van der Waals surface area contributed by atoms with E-state index in [-0.39, 0.29) is 12.0 Å². The first-order valence-electron chi connectivity index (χ1n) is 7.70. The molecule has 2 N–H and O–H groups in total. The zero-order chi connectivity index (χ0) is 15.1. The van der Waals surface area contributed by atoms with Crippen molar-refractivity contribution in [3.05, 3.63) is 23.9 Å². The number of amides is 1. The first-order valence-corrected chi connectivity index (χ1v) is 7.70. The van der Waals surface area contributed by atoms with Crippen LogP contribution in [0.4, 0.5) is 0 Å². The minimum Gasteiger partial charge on any atom is -0.474 e. The topological polar surface area (TPSA) is 63.2 Å². The van der Waals surface area contributed by atoms with E-state index in [0.29, 0.717) is 19.0 Å². The van der Waals surface area contributed by atoms with Crippen LogP contribution >= 0.6 is 0 Å². The van der Waals surface area contributed by atoms with E-state index in [2.05, 4.69) is 22.5 Å². The van der Waals surface area contributed by atoms with Crippen molar-refractivity contribution in [2.75, 3.05) is 13.6 Å². The van der Waals surface area contributed by atoms with E-state index in [1.807, 2.05) is 12.1 Å². The zero-order valence-corrected chi connectivity index (χ0v) is 12.9. The molecule has 0 radical (unpaired) electrons. The number of carbonyl (C=O) groups excluding carboxylic acids is 1. The van der Waals surface area contributed by atoms with Gasteiger partial charge in [0.15, 0.2) is 0 Å². The molecule has 5 nitrogen and oxygen atoms in total. The summed E-state index contributed by atoms with van der Waals surface area (Å²) in [6.07, 6.45) is 6.68. The van der Waals surface area contributed by atoms with Gasteiger partial charge < -0.3 is 15.4 Å². The molecular formula is C16H25N3O2. The number of hydrogen-bond acceptors (Lipinski definition) is 4. The fourth-order valence-electron chi connectivity index (χ4n) is 2.57. The van der Waals surface area contributed by atoms with Crippen LogP contribution in [0.15, 0.2) is 18.3 Å². The lowest BCUT2D eigenvalue weighted by molar-refractivity contribution is -0.120. The monoisotopic (exact) mass is 291 g/mol. The van der Waals surface area contributed by atoms with Gasteiger partial charge in [0.25, 0.3) is 0 Å². The molecule has 5 heteroatoms. The van der Waals surface area contributed by atoms with Crippen molar-refractivity contribution in [3.8, 4) is 5.88 Å². The first kappa shape index (κ1) is 15.8. The van der Waals surface area contributed by atoms with Crippen LogP contribution in [0.3, 0.4) is 0 Å². The molecule has 1 aliphatic carbocycles. The van der Waals surface area contributed by atoms with Crippen LogP contribution in [-0.2, 0) is 11.3 Å². The van der Waals surface area contributed by atoms with Gasteiger partial charge >= 0.3 is 0 Å². The van der Waals surface area contributed by atoms with Gasteiger partial charge in [0.2, 0.25) is 11.8 Å². The third-order valence-electron chi connectivity index (χ3n) is 3.88. The SMILES string of the molecule is CNCC(=O)NCc1ccnc(OC2CCC(C)CC2)c1. The number of hydrogen-bond donors (Lipinski definition) is 2. The summed E-state index contributed by atoms with van der Waals surface area (Å²) in [4.78, 5) is 15.7. The smallest absolute Gasteiger partial charge is 0.234 e. The van der Waals surface area contributed by atoms with Crippen LogP contribution in [0.2, 0.25) is 0 Å². The van der Waals surface area contributed by atoms with E-state index >= 15 is 0 Å². The number of nitrogens with zero attached hydrogens (tertiary/aromatic N) is 1. The van der Waals surface area contributed by atoms with Crippen LogP contribution in [0.1, 0.15) is 38.2 Å². The maximum absolute atomic E-state index is 11.4. The van der Waals surface area contributed by atoms with E-state index < -0.39 is 0 Å². The van der Waals surface area contributed by atoms with Gasteiger partial charge in [-0.05, 0) is 50.3 Å². The highest BCUT2D eigenvalue weighted by Gasteiger charge is 2.19. The minimum absolute atomic E-state index is 0.0157. The van der Waals surface area contributed by atoms with E-state index in [9.17, 15) is 4.79 Å². The van der Waals surface area contributed by atoms with Crippen LogP contribution in [0.25, 0.3) is 0 Å². The predicted octanol–water partition coefficient (Wildman–Crippen LogP) is 1.87. The van der Waals surface area contributed by atoms with Crippen molar-refractivity contribution in [2.24, 2.45) is 5.92 Å². The van der Waals surface area contributed by atoms with Crippen LogP contribution in [0.5, 0.6) is 5.88 Å². The summed E-state index contributed by atoms with van der Waals surface area (Å²) in [6.45, 7) is 3.12. The Kier molecular flexibility index (Phi) is 5.99. The average molecular weight is 291 g/mol. The highest BCUT2D eigenvalue weighted by atomic mass is 16.5. The molecule has 1 aromatic rings. The van der Waals surface area contributed by atoms with E-state index in [4.69, 9.17) is 4.74 Å². The number of carbonyl (C=O) groups is 1. The fourth-order valence-corrected chi connectivity index (χ4v) is 2.57. The van der Waals surface area contributed by atoms with Crippen molar-refractivity contribution in [1.29, 1.82) is 0 Å². The summed E-state index contributed by atoms with van der Waals surface area (Å²) in [6, 6.07) is 3.81. The Hall–Kier alpha value is -1.62. The Bertz CT molecular complexity index is 457. The number of pyridine rings is 1. The largest absolute Gasteiger partial charge is 0.474 e. The van der Waals surface area contributed by atoms with Gasteiger partial charge in [-0.1, -0.05) is 6.92 Å². The number of ether oxygens (including phenoxy) is 1.